The lowest BCUT2D eigenvalue weighted by Gasteiger charge is -2.08. The van der Waals surface area contributed by atoms with Crippen LogP contribution in [0.1, 0.15) is 40.1 Å². The van der Waals surface area contributed by atoms with Crippen molar-refractivity contribution >= 4 is 5.97 Å². The highest BCUT2D eigenvalue weighted by Gasteiger charge is 2.12. The summed E-state index contributed by atoms with van der Waals surface area (Å²) < 4.78 is 1.92. The number of hydrogen-bond acceptors (Lipinski definition) is 3. The monoisotopic (exact) mass is 435 g/mol. The fourth-order valence-corrected chi connectivity index (χ4v) is 3.74. The van der Waals surface area contributed by atoms with E-state index in [1.165, 1.54) is 5.56 Å². The molecule has 0 aliphatic rings. The molecule has 1 heterocycles. The summed E-state index contributed by atoms with van der Waals surface area (Å²) in [5.74, 6) is 6.78. The molecule has 4 aromatic rings. The molecule has 33 heavy (non-hydrogen) atoms. The van der Waals surface area contributed by atoms with Gasteiger partial charge in [-0.25, -0.2) is 14.5 Å². The Balaban J connectivity index is 1.53. The average molecular weight is 436 g/mol. The Morgan fingerprint density at radius 1 is 0.909 bits per heavy atom. The summed E-state index contributed by atoms with van der Waals surface area (Å²) in [6, 6.07) is 25.3. The maximum Gasteiger partial charge on any atom is 0.336 e. The minimum Gasteiger partial charge on any atom is -0.478 e. The number of aryl methyl sites for hydroxylation is 2. The van der Waals surface area contributed by atoms with Gasteiger partial charge in [0.05, 0.1) is 18.5 Å². The maximum absolute atomic E-state index is 11.5. The van der Waals surface area contributed by atoms with Crippen LogP contribution < -0.4 is 0 Å². The second-order valence-corrected chi connectivity index (χ2v) is 7.74. The minimum atomic E-state index is -0.929. The van der Waals surface area contributed by atoms with Crippen molar-refractivity contribution in [2.45, 2.75) is 32.7 Å². The van der Waals surface area contributed by atoms with Crippen molar-refractivity contribution < 1.29 is 9.90 Å². The van der Waals surface area contributed by atoms with Crippen LogP contribution in [0.5, 0.6) is 0 Å². The van der Waals surface area contributed by atoms with Crippen molar-refractivity contribution in [3.63, 3.8) is 0 Å². The molecule has 0 saturated heterocycles. The van der Waals surface area contributed by atoms with Gasteiger partial charge in [0.15, 0.2) is 5.82 Å². The molecule has 5 nitrogen and oxygen atoms in total. The van der Waals surface area contributed by atoms with E-state index in [4.69, 9.17) is 10.1 Å². The second-order valence-electron chi connectivity index (χ2n) is 7.74. The standard InChI is InChI=1S/C28H25N3O2/c1-2-3-13-27-29-26(19-16-21-9-5-4-6-10-21)30-31(27)20-22-14-17-23(18-15-22)24-11-7-8-12-25(24)28(32)33/h4-12,14-15,17-18H,13,16,19-20H2,1H3,(H,32,33). The Kier molecular flexibility index (Phi) is 6.96. The van der Waals surface area contributed by atoms with Gasteiger partial charge in [-0.1, -0.05) is 78.7 Å². The van der Waals surface area contributed by atoms with E-state index in [0.29, 0.717) is 24.1 Å². The lowest BCUT2D eigenvalue weighted by molar-refractivity contribution is 0.0697. The van der Waals surface area contributed by atoms with Crippen LogP contribution in [0.3, 0.4) is 0 Å². The summed E-state index contributed by atoms with van der Waals surface area (Å²) >= 11 is 0. The van der Waals surface area contributed by atoms with Gasteiger partial charge in [-0.2, -0.15) is 5.10 Å². The fourth-order valence-electron chi connectivity index (χ4n) is 3.74. The highest BCUT2D eigenvalue weighted by molar-refractivity contribution is 5.95. The first kappa shape index (κ1) is 22.0. The molecule has 164 valence electrons. The predicted molar refractivity (Wildman–Crippen MR) is 129 cm³/mol. The third-order valence-electron chi connectivity index (χ3n) is 5.45. The first-order chi connectivity index (χ1) is 16.1. The van der Waals surface area contributed by atoms with Crippen LogP contribution in [0.2, 0.25) is 0 Å². The molecular formula is C28H25N3O2. The van der Waals surface area contributed by atoms with Gasteiger partial charge in [0.1, 0.15) is 5.82 Å². The molecule has 0 atom stereocenters. The van der Waals surface area contributed by atoms with Crippen LogP contribution in [0.25, 0.3) is 11.1 Å². The first-order valence-corrected chi connectivity index (χ1v) is 10.9. The van der Waals surface area contributed by atoms with Crippen LogP contribution in [0.15, 0.2) is 78.9 Å². The molecule has 0 aliphatic heterocycles. The molecule has 4 rings (SSSR count). The van der Waals surface area contributed by atoms with Gasteiger partial charge in [0.25, 0.3) is 0 Å². The lowest BCUT2D eigenvalue weighted by Crippen LogP contribution is -2.07. The number of aromatic nitrogens is 3. The Morgan fingerprint density at radius 3 is 2.36 bits per heavy atom. The summed E-state index contributed by atoms with van der Waals surface area (Å²) in [6.07, 6.45) is 2.22. The van der Waals surface area contributed by atoms with Crippen molar-refractivity contribution in [3.8, 4) is 23.0 Å². The molecule has 0 bridgehead atoms. The van der Waals surface area contributed by atoms with E-state index < -0.39 is 5.97 Å². The molecule has 1 aromatic heterocycles. The summed E-state index contributed by atoms with van der Waals surface area (Å²) in [5, 5.41) is 14.2. The third-order valence-corrected chi connectivity index (χ3v) is 5.45. The van der Waals surface area contributed by atoms with E-state index in [9.17, 15) is 9.90 Å². The van der Waals surface area contributed by atoms with Gasteiger partial charge in [0, 0.05) is 6.42 Å². The number of hydrogen-bond donors (Lipinski definition) is 1. The van der Waals surface area contributed by atoms with Crippen molar-refractivity contribution in [2.75, 3.05) is 0 Å². The van der Waals surface area contributed by atoms with Gasteiger partial charge in [-0.05, 0) is 41.7 Å². The molecule has 0 unspecified atom stereocenters. The molecule has 5 heteroatoms. The zero-order chi connectivity index (χ0) is 23.0. The predicted octanol–water partition coefficient (Wildman–Crippen LogP) is 5.04. The van der Waals surface area contributed by atoms with Crippen molar-refractivity contribution in [3.05, 3.63) is 107 Å². The van der Waals surface area contributed by atoms with Gasteiger partial charge in [0.2, 0.25) is 0 Å². The fraction of sp³-hybridized carbons (Fsp3) is 0.179. The smallest absolute Gasteiger partial charge is 0.336 e. The van der Waals surface area contributed by atoms with Crippen LogP contribution in [0, 0.1) is 11.8 Å². The Morgan fingerprint density at radius 2 is 1.64 bits per heavy atom. The Hall–Kier alpha value is -4.17. The topological polar surface area (TPSA) is 68.0 Å². The highest BCUT2D eigenvalue weighted by atomic mass is 16.4. The van der Waals surface area contributed by atoms with Crippen molar-refractivity contribution in [1.82, 2.24) is 14.8 Å². The summed E-state index contributed by atoms with van der Waals surface area (Å²) in [4.78, 5) is 16.3. The quantitative estimate of drug-likeness (QED) is 0.394. The number of nitrogens with zero attached hydrogens (tertiary/aromatic N) is 3. The van der Waals surface area contributed by atoms with Gasteiger partial charge in [-0.3, -0.25) is 0 Å². The van der Waals surface area contributed by atoms with Crippen molar-refractivity contribution in [2.24, 2.45) is 0 Å². The van der Waals surface area contributed by atoms with Crippen LogP contribution >= 0.6 is 0 Å². The molecule has 1 N–H and O–H groups in total. The molecule has 0 amide bonds. The molecule has 0 radical (unpaired) electrons. The molecule has 0 fully saturated rings. The van der Waals surface area contributed by atoms with E-state index in [-0.39, 0.29) is 0 Å². The third kappa shape index (κ3) is 5.55. The largest absolute Gasteiger partial charge is 0.478 e. The van der Waals surface area contributed by atoms with Gasteiger partial charge in [-0.15, -0.1) is 5.92 Å². The molecule has 3 aromatic carbocycles. The zero-order valence-corrected chi connectivity index (χ0v) is 18.5. The average Bonchev–Trinajstić information content (AvgIpc) is 3.24. The van der Waals surface area contributed by atoms with Gasteiger partial charge < -0.3 is 5.11 Å². The first-order valence-electron chi connectivity index (χ1n) is 10.9. The van der Waals surface area contributed by atoms with Crippen LogP contribution in [-0.4, -0.2) is 25.8 Å². The minimum absolute atomic E-state index is 0.296. The van der Waals surface area contributed by atoms with E-state index in [2.05, 4.69) is 24.0 Å². The van der Waals surface area contributed by atoms with E-state index in [0.717, 1.165) is 35.6 Å². The molecular weight excluding hydrogens is 410 g/mol. The van der Waals surface area contributed by atoms with E-state index >= 15 is 0 Å². The van der Waals surface area contributed by atoms with E-state index in [1.807, 2.05) is 66.2 Å². The molecule has 0 spiro atoms. The number of carboxylic acid groups (broad SMARTS) is 1. The van der Waals surface area contributed by atoms with Crippen molar-refractivity contribution in [1.29, 1.82) is 0 Å². The SMILES string of the molecule is CC#CCc1nc(CCc2ccccc2)nn1Cc1ccc(-c2ccccc2C(=O)O)cc1. The Bertz CT molecular complexity index is 1300. The van der Waals surface area contributed by atoms with Gasteiger partial charge >= 0.3 is 5.97 Å². The number of carbonyl (C=O) groups is 1. The zero-order valence-electron chi connectivity index (χ0n) is 18.5. The summed E-state index contributed by atoms with van der Waals surface area (Å²) in [6.45, 7) is 2.41. The number of rotatable bonds is 8. The maximum atomic E-state index is 11.5. The second kappa shape index (κ2) is 10.4. The van der Waals surface area contributed by atoms with Crippen LogP contribution in [-0.2, 0) is 25.8 Å². The number of carboxylic acids is 1. The molecule has 0 aliphatic carbocycles. The van der Waals surface area contributed by atoms with Crippen LogP contribution in [0.4, 0.5) is 0 Å². The number of benzene rings is 3. The highest BCUT2D eigenvalue weighted by Crippen LogP contribution is 2.24. The Labute approximate surface area is 193 Å². The normalized spacial score (nSPS) is 10.5. The van der Waals surface area contributed by atoms with E-state index in [1.54, 1.807) is 12.1 Å². The summed E-state index contributed by atoms with van der Waals surface area (Å²) in [7, 11) is 0. The lowest BCUT2D eigenvalue weighted by atomic mass is 9.99. The summed E-state index contributed by atoms with van der Waals surface area (Å²) in [5.41, 5.74) is 4.21. The molecule has 0 saturated carbocycles. The number of aromatic carboxylic acids is 1.